The van der Waals surface area contributed by atoms with Crippen LogP contribution in [0.4, 0.5) is 0 Å². The molecule has 0 aromatic carbocycles. The molecule has 13 heavy (non-hydrogen) atoms. The Kier molecular flexibility index (Phi) is 6.72. The van der Waals surface area contributed by atoms with Gasteiger partial charge in [-0.25, -0.2) is 0 Å². The highest BCUT2D eigenvalue weighted by molar-refractivity contribution is 5.10. The summed E-state index contributed by atoms with van der Waals surface area (Å²) >= 11 is 0. The van der Waals surface area contributed by atoms with Crippen molar-refractivity contribution in [2.24, 2.45) is 0 Å². The Morgan fingerprint density at radius 3 is 2.38 bits per heavy atom. The Bertz CT molecular complexity index is 171. The second-order valence-electron chi connectivity index (χ2n) is 3.83. The summed E-state index contributed by atoms with van der Waals surface area (Å²) in [6.07, 6.45) is 6.15. The van der Waals surface area contributed by atoms with Gasteiger partial charge in [0.15, 0.2) is 0 Å². The van der Waals surface area contributed by atoms with E-state index in [-0.39, 0.29) is 5.60 Å². The Morgan fingerprint density at radius 2 is 1.85 bits per heavy atom. The second kappa shape index (κ2) is 6.97. The first-order valence-corrected chi connectivity index (χ1v) is 5.17. The van der Waals surface area contributed by atoms with Crippen molar-refractivity contribution in [1.82, 2.24) is 0 Å². The van der Waals surface area contributed by atoms with Crippen LogP contribution in [0.15, 0.2) is 0 Å². The lowest BCUT2D eigenvalue weighted by molar-refractivity contribution is 0.0741. The molecule has 0 atom stereocenters. The molecule has 0 bridgehead atoms. The molecule has 0 heterocycles. The first-order chi connectivity index (χ1) is 6.12. The zero-order chi connectivity index (χ0) is 10.2. The molecule has 0 unspecified atom stereocenters. The summed E-state index contributed by atoms with van der Waals surface area (Å²) in [6, 6.07) is 0. The van der Waals surface area contributed by atoms with Gasteiger partial charge in [0.2, 0.25) is 0 Å². The van der Waals surface area contributed by atoms with Crippen LogP contribution in [0, 0.1) is 11.8 Å². The van der Waals surface area contributed by atoms with Crippen molar-refractivity contribution in [3.63, 3.8) is 0 Å². The second-order valence-corrected chi connectivity index (χ2v) is 3.83. The summed E-state index contributed by atoms with van der Waals surface area (Å²) in [5.41, 5.74) is -0.273. The molecule has 1 heteroatoms. The van der Waals surface area contributed by atoms with Crippen molar-refractivity contribution in [1.29, 1.82) is 0 Å². The van der Waals surface area contributed by atoms with Gasteiger partial charge in [0.05, 0.1) is 0 Å². The van der Waals surface area contributed by atoms with E-state index in [2.05, 4.69) is 18.8 Å². The fourth-order valence-electron chi connectivity index (χ4n) is 0.967. The van der Waals surface area contributed by atoms with Crippen molar-refractivity contribution < 1.29 is 4.74 Å². The number of ether oxygens (including phenoxy) is 1. The average Bonchev–Trinajstić information content (AvgIpc) is 2.11. The fourth-order valence-corrected chi connectivity index (χ4v) is 0.967. The van der Waals surface area contributed by atoms with Crippen LogP contribution in [0.5, 0.6) is 0 Å². The number of rotatable bonds is 5. The first-order valence-electron chi connectivity index (χ1n) is 5.17. The molecule has 1 nitrogen and oxygen atoms in total. The highest BCUT2D eigenvalue weighted by Crippen LogP contribution is 2.05. The Hall–Kier alpha value is -0.480. The van der Waals surface area contributed by atoms with E-state index >= 15 is 0 Å². The van der Waals surface area contributed by atoms with Crippen LogP contribution in [-0.2, 0) is 4.74 Å². The lowest BCUT2D eigenvalue weighted by atomic mass is 10.1. The molecule has 0 N–H and O–H groups in total. The molecule has 0 saturated carbocycles. The van der Waals surface area contributed by atoms with Gasteiger partial charge in [-0.15, -0.1) is 5.92 Å². The SMILES string of the molecule is CCCCCCC#CC(C)(C)OC. The summed E-state index contributed by atoms with van der Waals surface area (Å²) in [4.78, 5) is 0. The topological polar surface area (TPSA) is 9.23 Å². The maximum Gasteiger partial charge on any atom is 0.122 e. The molecule has 0 rings (SSSR count). The maximum absolute atomic E-state index is 5.19. The zero-order valence-corrected chi connectivity index (χ0v) is 9.44. The third kappa shape index (κ3) is 7.87. The first kappa shape index (κ1) is 12.5. The van der Waals surface area contributed by atoms with Crippen LogP contribution < -0.4 is 0 Å². The molecule has 0 aliphatic rings. The molecule has 0 aromatic rings. The average molecular weight is 182 g/mol. The van der Waals surface area contributed by atoms with Crippen molar-refractivity contribution in [3.05, 3.63) is 0 Å². The van der Waals surface area contributed by atoms with E-state index in [0.717, 1.165) is 6.42 Å². The monoisotopic (exact) mass is 182 g/mol. The van der Waals surface area contributed by atoms with Gasteiger partial charge >= 0.3 is 0 Å². The van der Waals surface area contributed by atoms with Crippen molar-refractivity contribution in [2.75, 3.05) is 7.11 Å². The molecular weight excluding hydrogens is 160 g/mol. The normalized spacial score (nSPS) is 10.8. The molecule has 0 aliphatic heterocycles. The van der Waals surface area contributed by atoms with E-state index < -0.39 is 0 Å². The summed E-state index contributed by atoms with van der Waals surface area (Å²) in [7, 11) is 1.70. The van der Waals surface area contributed by atoms with Gasteiger partial charge in [-0.3, -0.25) is 0 Å². The smallest absolute Gasteiger partial charge is 0.122 e. The largest absolute Gasteiger partial charge is 0.366 e. The van der Waals surface area contributed by atoms with E-state index in [1.807, 2.05) is 13.8 Å². The van der Waals surface area contributed by atoms with Crippen LogP contribution in [0.1, 0.15) is 52.9 Å². The minimum absolute atomic E-state index is 0.273. The van der Waals surface area contributed by atoms with Crippen LogP contribution in [0.25, 0.3) is 0 Å². The summed E-state index contributed by atoms with van der Waals surface area (Å²) < 4.78 is 5.19. The number of unbranched alkanes of at least 4 members (excludes halogenated alkanes) is 4. The molecule has 0 amide bonds. The quantitative estimate of drug-likeness (QED) is 0.468. The molecule has 0 radical (unpaired) electrons. The minimum Gasteiger partial charge on any atom is -0.366 e. The Labute approximate surface area is 82.9 Å². The predicted molar refractivity (Wildman–Crippen MR) is 57.6 cm³/mol. The summed E-state index contributed by atoms with van der Waals surface area (Å²) in [5, 5.41) is 0. The standard InChI is InChI=1S/C12H22O/c1-5-6-7-8-9-10-11-12(2,3)13-4/h5-9H2,1-4H3. The van der Waals surface area contributed by atoms with Gasteiger partial charge in [0.1, 0.15) is 5.60 Å². The van der Waals surface area contributed by atoms with E-state index in [4.69, 9.17) is 4.74 Å². The van der Waals surface area contributed by atoms with E-state index in [0.29, 0.717) is 0 Å². The van der Waals surface area contributed by atoms with Gasteiger partial charge in [0.25, 0.3) is 0 Å². The third-order valence-electron chi connectivity index (χ3n) is 2.06. The summed E-state index contributed by atoms with van der Waals surface area (Å²) in [5.74, 6) is 6.27. The molecular formula is C12H22O. The third-order valence-corrected chi connectivity index (χ3v) is 2.06. The van der Waals surface area contributed by atoms with Crippen LogP contribution in [-0.4, -0.2) is 12.7 Å². The Balaban J connectivity index is 3.50. The molecule has 0 fully saturated rings. The van der Waals surface area contributed by atoms with Crippen LogP contribution in [0.2, 0.25) is 0 Å². The summed E-state index contributed by atoms with van der Waals surface area (Å²) in [6.45, 7) is 6.21. The Morgan fingerprint density at radius 1 is 1.15 bits per heavy atom. The number of hydrogen-bond donors (Lipinski definition) is 0. The van der Waals surface area contributed by atoms with Gasteiger partial charge in [0, 0.05) is 13.5 Å². The number of methoxy groups -OCH3 is 1. The lowest BCUT2D eigenvalue weighted by Crippen LogP contribution is -2.19. The lowest BCUT2D eigenvalue weighted by Gasteiger charge is -2.14. The van der Waals surface area contributed by atoms with Crippen molar-refractivity contribution >= 4 is 0 Å². The molecule has 76 valence electrons. The van der Waals surface area contributed by atoms with Crippen molar-refractivity contribution in [2.45, 2.75) is 58.5 Å². The van der Waals surface area contributed by atoms with E-state index in [1.54, 1.807) is 7.11 Å². The number of hydrogen-bond acceptors (Lipinski definition) is 1. The maximum atomic E-state index is 5.19. The predicted octanol–water partition coefficient (Wildman–Crippen LogP) is 3.39. The van der Waals surface area contributed by atoms with Gasteiger partial charge in [-0.2, -0.15) is 0 Å². The van der Waals surface area contributed by atoms with Gasteiger partial charge in [-0.05, 0) is 20.3 Å². The fraction of sp³-hybridized carbons (Fsp3) is 0.833. The molecule has 0 saturated heterocycles. The van der Waals surface area contributed by atoms with E-state index in [1.165, 1.54) is 25.7 Å². The van der Waals surface area contributed by atoms with E-state index in [9.17, 15) is 0 Å². The zero-order valence-electron chi connectivity index (χ0n) is 9.44. The van der Waals surface area contributed by atoms with Gasteiger partial charge in [-0.1, -0.05) is 32.1 Å². The van der Waals surface area contributed by atoms with Crippen LogP contribution in [0.3, 0.4) is 0 Å². The van der Waals surface area contributed by atoms with Gasteiger partial charge < -0.3 is 4.74 Å². The minimum atomic E-state index is -0.273. The van der Waals surface area contributed by atoms with Crippen molar-refractivity contribution in [3.8, 4) is 11.8 Å². The molecule has 0 spiro atoms. The highest BCUT2D eigenvalue weighted by Gasteiger charge is 2.10. The highest BCUT2D eigenvalue weighted by atomic mass is 16.5. The molecule has 0 aromatic heterocycles. The van der Waals surface area contributed by atoms with Crippen LogP contribution >= 0.6 is 0 Å². The molecule has 0 aliphatic carbocycles.